The van der Waals surface area contributed by atoms with Crippen LogP contribution in [0.2, 0.25) is 0 Å². The summed E-state index contributed by atoms with van der Waals surface area (Å²) >= 11 is 0. The zero-order valence-corrected chi connectivity index (χ0v) is 17.6. The highest BCUT2D eigenvalue weighted by molar-refractivity contribution is 5.76. The van der Waals surface area contributed by atoms with Crippen LogP contribution in [-0.4, -0.2) is 32.4 Å². The minimum atomic E-state index is -2.96. The van der Waals surface area contributed by atoms with Crippen LogP contribution in [0.3, 0.4) is 0 Å². The molecule has 0 atom stereocenters. The van der Waals surface area contributed by atoms with Gasteiger partial charge in [0.05, 0.1) is 17.6 Å². The number of piperidine rings is 1. The Balaban J connectivity index is 1.55. The molecule has 34 heavy (non-hydrogen) atoms. The molecule has 1 saturated heterocycles. The topological polar surface area (TPSA) is 77.9 Å². The molecule has 1 aliphatic heterocycles. The first kappa shape index (κ1) is 22.3. The number of halogens is 5. The van der Waals surface area contributed by atoms with Gasteiger partial charge in [-0.3, -0.25) is 9.13 Å². The van der Waals surface area contributed by atoms with E-state index < -0.39 is 35.5 Å². The summed E-state index contributed by atoms with van der Waals surface area (Å²) in [7, 11) is 0. The van der Waals surface area contributed by atoms with Crippen molar-refractivity contribution in [2.75, 3.05) is 13.1 Å². The molecular formula is C22H18F5N5O2. The lowest BCUT2D eigenvalue weighted by Crippen LogP contribution is -2.35. The average Bonchev–Trinajstić information content (AvgIpc) is 3.41. The molecule has 0 saturated carbocycles. The number of hydrogen-bond acceptors (Lipinski definition) is 5. The summed E-state index contributed by atoms with van der Waals surface area (Å²) in [5, 5.41) is 9.89. The van der Waals surface area contributed by atoms with Gasteiger partial charge in [0, 0.05) is 29.3 Å². The molecule has 3 heterocycles. The average molecular weight is 479 g/mol. The lowest BCUT2D eigenvalue weighted by Gasteiger charge is -2.23. The van der Waals surface area contributed by atoms with Crippen molar-refractivity contribution < 1.29 is 26.4 Å². The fourth-order valence-corrected chi connectivity index (χ4v) is 4.26. The van der Waals surface area contributed by atoms with Gasteiger partial charge in [-0.05, 0) is 38.1 Å². The van der Waals surface area contributed by atoms with Crippen LogP contribution in [0.1, 0.15) is 36.8 Å². The van der Waals surface area contributed by atoms with Crippen LogP contribution in [0, 0.1) is 17.5 Å². The van der Waals surface area contributed by atoms with Crippen molar-refractivity contribution in [3.63, 3.8) is 0 Å². The molecule has 1 fully saturated rings. The van der Waals surface area contributed by atoms with E-state index >= 15 is 0 Å². The number of imidazole rings is 1. The second kappa shape index (κ2) is 8.67. The summed E-state index contributed by atoms with van der Waals surface area (Å²) in [6.07, 6.45) is -1.70. The van der Waals surface area contributed by atoms with Gasteiger partial charge in [0.15, 0.2) is 11.6 Å². The minimum absolute atomic E-state index is 0.0774. The van der Waals surface area contributed by atoms with Gasteiger partial charge in [-0.1, -0.05) is 6.07 Å². The van der Waals surface area contributed by atoms with Crippen molar-refractivity contribution >= 4 is 11.0 Å². The molecule has 2 aromatic carbocycles. The summed E-state index contributed by atoms with van der Waals surface area (Å²) in [5.74, 6) is -4.12. The Bertz CT molecular complexity index is 1420. The third-order valence-electron chi connectivity index (χ3n) is 5.93. The molecular weight excluding hydrogens is 461 g/mol. The van der Waals surface area contributed by atoms with E-state index in [-0.39, 0.29) is 40.6 Å². The summed E-state index contributed by atoms with van der Waals surface area (Å²) in [6, 6.07) is 5.46. The van der Waals surface area contributed by atoms with Crippen LogP contribution in [0.5, 0.6) is 0 Å². The van der Waals surface area contributed by atoms with Crippen LogP contribution in [0.15, 0.2) is 39.5 Å². The Kier molecular flexibility index (Phi) is 5.68. The van der Waals surface area contributed by atoms with Gasteiger partial charge in [-0.25, -0.2) is 18.0 Å². The van der Waals surface area contributed by atoms with Crippen molar-refractivity contribution in [1.82, 2.24) is 24.6 Å². The second-order valence-electron chi connectivity index (χ2n) is 8.03. The van der Waals surface area contributed by atoms with Crippen molar-refractivity contribution in [2.24, 2.45) is 0 Å². The fourth-order valence-electron chi connectivity index (χ4n) is 4.26. The largest absolute Gasteiger partial charge is 0.415 e. The van der Waals surface area contributed by atoms with Crippen molar-refractivity contribution in [2.45, 2.75) is 31.9 Å². The molecule has 1 N–H and O–H groups in total. The highest BCUT2D eigenvalue weighted by Gasteiger charge is 2.25. The third kappa shape index (κ3) is 3.87. The maximum atomic E-state index is 14.9. The van der Waals surface area contributed by atoms with Gasteiger partial charge in [0.1, 0.15) is 5.82 Å². The van der Waals surface area contributed by atoms with E-state index in [0.717, 1.165) is 18.2 Å². The van der Waals surface area contributed by atoms with Gasteiger partial charge >= 0.3 is 12.1 Å². The monoisotopic (exact) mass is 479 g/mol. The van der Waals surface area contributed by atoms with E-state index in [4.69, 9.17) is 4.42 Å². The molecule has 0 aliphatic carbocycles. The standard InChI is InChI=1S/C22H18F5N5O2/c23-14-7-11(20-29-30-21(34-20)19(26)27)1-2-12(14)10-31-17-8-15(24)16(25)9-18(17)32(22(31)33)13-3-5-28-6-4-13/h1-2,7-9,13,19,28H,3-6,10H2. The molecule has 4 aromatic rings. The molecule has 12 heteroatoms. The molecule has 7 nitrogen and oxygen atoms in total. The molecule has 1 aliphatic rings. The van der Waals surface area contributed by atoms with Crippen LogP contribution >= 0.6 is 0 Å². The van der Waals surface area contributed by atoms with Crippen LogP contribution in [0.4, 0.5) is 22.0 Å². The Hall–Kier alpha value is -3.54. The Labute approximate surface area is 188 Å². The first-order chi connectivity index (χ1) is 16.3. The molecule has 0 spiro atoms. The Morgan fingerprint density at radius 1 is 1.00 bits per heavy atom. The van der Waals surface area contributed by atoms with Crippen LogP contribution in [-0.2, 0) is 6.54 Å². The van der Waals surface area contributed by atoms with Crippen LogP contribution in [0.25, 0.3) is 22.5 Å². The predicted molar refractivity (Wildman–Crippen MR) is 111 cm³/mol. The number of nitrogens with zero attached hydrogens (tertiary/aromatic N) is 4. The van der Waals surface area contributed by atoms with E-state index in [2.05, 4.69) is 15.5 Å². The smallest absolute Gasteiger partial charge is 0.329 e. The number of nitrogens with one attached hydrogen (secondary N) is 1. The Morgan fingerprint density at radius 3 is 2.35 bits per heavy atom. The maximum absolute atomic E-state index is 14.9. The minimum Gasteiger partial charge on any atom is -0.415 e. The normalized spacial score (nSPS) is 15.0. The molecule has 178 valence electrons. The van der Waals surface area contributed by atoms with Gasteiger partial charge in [0.25, 0.3) is 5.89 Å². The molecule has 5 rings (SSSR count). The fraction of sp³-hybridized carbons (Fsp3) is 0.318. The van der Waals surface area contributed by atoms with E-state index in [1.165, 1.54) is 21.3 Å². The van der Waals surface area contributed by atoms with Gasteiger partial charge in [-0.2, -0.15) is 8.78 Å². The molecule has 0 unspecified atom stereocenters. The first-order valence-corrected chi connectivity index (χ1v) is 10.5. The van der Waals surface area contributed by atoms with E-state index in [1.807, 2.05) is 0 Å². The SMILES string of the molecule is O=c1n(Cc2ccc(-c3nnc(C(F)F)o3)cc2F)c2cc(F)c(F)cc2n1C1CCNCC1. The second-order valence-corrected chi connectivity index (χ2v) is 8.03. The maximum Gasteiger partial charge on any atom is 0.329 e. The van der Waals surface area contributed by atoms with Gasteiger partial charge < -0.3 is 9.73 Å². The summed E-state index contributed by atoms with van der Waals surface area (Å²) < 4.78 is 75.9. The number of rotatable bonds is 5. The molecule has 2 aromatic heterocycles. The number of benzene rings is 2. The van der Waals surface area contributed by atoms with Gasteiger partial charge in [-0.15, -0.1) is 10.2 Å². The Morgan fingerprint density at radius 2 is 1.71 bits per heavy atom. The van der Waals surface area contributed by atoms with E-state index in [9.17, 15) is 26.7 Å². The number of fused-ring (bicyclic) bond motifs is 1. The highest BCUT2D eigenvalue weighted by atomic mass is 19.3. The third-order valence-corrected chi connectivity index (χ3v) is 5.93. The van der Waals surface area contributed by atoms with Crippen molar-refractivity contribution in [1.29, 1.82) is 0 Å². The molecule has 0 radical (unpaired) electrons. The van der Waals surface area contributed by atoms with Crippen LogP contribution < -0.4 is 11.0 Å². The van der Waals surface area contributed by atoms with Crippen molar-refractivity contribution in [3.05, 3.63) is 69.7 Å². The zero-order valence-electron chi connectivity index (χ0n) is 17.6. The summed E-state index contributed by atoms with van der Waals surface area (Å²) in [5.41, 5.74) is 0.0308. The molecule has 0 amide bonds. The lowest BCUT2D eigenvalue weighted by molar-refractivity contribution is 0.116. The predicted octanol–water partition coefficient (Wildman–Crippen LogP) is 4.18. The van der Waals surface area contributed by atoms with Crippen molar-refractivity contribution in [3.8, 4) is 11.5 Å². The lowest BCUT2D eigenvalue weighted by atomic mass is 10.1. The number of aromatic nitrogens is 4. The van der Waals surface area contributed by atoms with E-state index in [1.54, 1.807) is 0 Å². The highest BCUT2D eigenvalue weighted by Crippen LogP contribution is 2.28. The van der Waals surface area contributed by atoms with Gasteiger partial charge in [0.2, 0.25) is 5.89 Å². The molecule has 0 bridgehead atoms. The number of alkyl halides is 2. The summed E-state index contributed by atoms with van der Waals surface area (Å²) in [6.45, 7) is 1.09. The quantitative estimate of drug-likeness (QED) is 0.435. The number of hydrogen-bond donors (Lipinski definition) is 1. The zero-order chi connectivity index (χ0) is 24.0. The van der Waals surface area contributed by atoms with E-state index in [0.29, 0.717) is 25.9 Å². The first-order valence-electron chi connectivity index (χ1n) is 10.5. The summed E-state index contributed by atoms with van der Waals surface area (Å²) in [4.78, 5) is 13.3.